The van der Waals surface area contributed by atoms with Crippen LogP contribution in [0.3, 0.4) is 0 Å². The Bertz CT molecular complexity index is 1110. The first kappa shape index (κ1) is 20.2. The summed E-state index contributed by atoms with van der Waals surface area (Å²) in [5, 5.41) is 4.29. The third-order valence-electron chi connectivity index (χ3n) is 6.53. The highest BCUT2D eigenvalue weighted by atomic mass is 35.5. The number of carbonyl (C=O) groups is 1. The Morgan fingerprint density at radius 3 is 2.71 bits per heavy atom. The molecule has 5 nitrogen and oxygen atoms in total. The van der Waals surface area contributed by atoms with Crippen molar-refractivity contribution in [2.45, 2.75) is 13.0 Å². The van der Waals surface area contributed by atoms with E-state index in [4.69, 9.17) is 16.3 Å². The molecular formula is C24H23ClFN3O2. The lowest BCUT2D eigenvalue weighted by molar-refractivity contribution is -0.120. The van der Waals surface area contributed by atoms with Gasteiger partial charge in [-0.1, -0.05) is 11.6 Å². The van der Waals surface area contributed by atoms with Crippen molar-refractivity contribution in [1.29, 1.82) is 0 Å². The predicted molar refractivity (Wildman–Crippen MR) is 119 cm³/mol. The van der Waals surface area contributed by atoms with Gasteiger partial charge in [-0.25, -0.2) is 4.39 Å². The maximum atomic E-state index is 13.6. The summed E-state index contributed by atoms with van der Waals surface area (Å²) in [4.78, 5) is 19.1. The third-order valence-corrected chi connectivity index (χ3v) is 6.79. The molecule has 1 aliphatic carbocycles. The predicted octanol–water partition coefficient (Wildman–Crippen LogP) is 4.61. The fourth-order valence-corrected chi connectivity index (χ4v) is 4.72. The van der Waals surface area contributed by atoms with Gasteiger partial charge in [-0.15, -0.1) is 0 Å². The Morgan fingerprint density at radius 2 is 1.97 bits per heavy atom. The molecule has 160 valence electrons. The largest absolute Gasteiger partial charge is 0.493 e. The van der Waals surface area contributed by atoms with E-state index in [1.807, 2.05) is 6.92 Å². The molecule has 3 unspecified atom stereocenters. The Balaban J connectivity index is 1.14. The van der Waals surface area contributed by atoms with E-state index >= 15 is 0 Å². The van der Waals surface area contributed by atoms with E-state index in [1.165, 1.54) is 12.1 Å². The summed E-state index contributed by atoms with van der Waals surface area (Å²) in [5.41, 5.74) is 1.47. The maximum Gasteiger partial charge on any atom is 0.241 e. The lowest BCUT2D eigenvalue weighted by Gasteiger charge is -2.26. The molecule has 1 aliphatic heterocycles. The van der Waals surface area contributed by atoms with Crippen LogP contribution < -0.4 is 10.1 Å². The minimum absolute atomic E-state index is 0.0123. The Kier molecular flexibility index (Phi) is 5.28. The number of nitrogens with one attached hydrogen (secondary N) is 1. The number of aromatic nitrogens is 1. The molecule has 1 saturated heterocycles. The van der Waals surface area contributed by atoms with E-state index < -0.39 is 0 Å². The number of amides is 1. The molecule has 1 saturated carbocycles. The molecule has 1 amide bonds. The molecule has 31 heavy (non-hydrogen) atoms. The molecule has 1 N–H and O–H groups in total. The van der Waals surface area contributed by atoms with Gasteiger partial charge in [0.1, 0.15) is 11.6 Å². The number of rotatable bonds is 6. The van der Waals surface area contributed by atoms with Crippen LogP contribution in [-0.4, -0.2) is 41.5 Å². The van der Waals surface area contributed by atoms with Gasteiger partial charge >= 0.3 is 0 Å². The van der Waals surface area contributed by atoms with Crippen molar-refractivity contribution in [3.05, 3.63) is 65.6 Å². The number of carbonyl (C=O) groups excluding carboxylic acids is 1. The highest BCUT2D eigenvalue weighted by Gasteiger charge is 2.56. The van der Waals surface area contributed by atoms with Gasteiger partial charge in [-0.3, -0.25) is 14.7 Å². The van der Waals surface area contributed by atoms with Gasteiger partial charge in [0.25, 0.3) is 0 Å². The van der Waals surface area contributed by atoms with Crippen LogP contribution in [0.25, 0.3) is 10.9 Å². The molecule has 3 aromatic rings. The highest BCUT2D eigenvalue weighted by molar-refractivity contribution is 6.30. The van der Waals surface area contributed by atoms with Crippen LogP contribution >= 0.6 is 11.6 Å². The van der Waals surface area contributed by atoms with Crippen molar-refractivity contribution in [2.24, 2.45) is 17.8 Å². The van der Waals surface area contributed by atoms with Gasteiger partial charge in [-0.05, 0) is 67.3 Å². The number of hydrogen-bond donors (Lipinski definition) is 1. The SMILES string of the molecule is CC(C(=O)Nc1ccc(Cl)cc1)N1CC2C(COc3ccnc4ccc(F)cc34)C2C1. The number of anilines is 1. The van der Waals surface area contributed by atoms with Crippen LogP contribution in [0.4, 0.5) is 10.1 Å². The van der Waals surface area contributed by atoms with Crippen LogP contribution in [0.1, 0.15) is 6.92 Å². The van der Waals surface area contributed by atoms with Crippen molar-refractivity contribution in [3.63, 3.8) is 0 Å². The first-order chi connectivity index (χ1) is 15.0. The maximum absolute atomic E-state index is 13.6. The lowest BCUT2D eigenvalue weighted by atomic mass is 10.2. The lowest BCUT2D eigenvalue weighted by Crippen LogP contribution is -2.42. The summed E-state index contributed by atoms with van der Waals surface area (Å²) in [5.74, 6) is 1.91. The molecule has 0 radical (unpaired) electrons. The van der Waals surface area contributed by atoms with Crippen molar-refractivity contribution >= 4 is 34.1 Å². The van der Waals surface area contributed by atoms with Gasteiger partial charge in [-0.2, -0.15) is 0 Å². The molecule has 0 bridgehead atoms. The first-order valence-electron chi connectivity index (χ1n) is 10.5. The van der Waals surface area contributed by atoms with Crippen molar-refractivity contribution < 1.29 is 13.9 Å². The number of likely N-dealkylation sites (tertiary alicyclic amines) is 1. The topological polar surface area (TPSA) is 54.5 Å². The Hall–Kier alpha value is -2.70. The number of hydrogen-bond acceptors (Lipinski definition) is 4. The molecule has 1 aromatic heterocycles. The third kappa shape index (κ3) is 4.10. The van der Waals surface area contributed by atoms with E-state index in [-0.39, 0.29) is 17.8 Å². The second-order valence-corrected chi connectivity index (χ2v) is 8.84. The summed E-state index contributed by atoms with van der Waals surface area (Å²) in [6.45, 7) is 4.32. The van der Waals surface area contributed by atoms with Crippen LogP contribution in [0.15, 0.2) is 54.7 Å². The fourth-order valence-electron chi connectivity index (χ4n) is 4.60. The van der Waals surface area contributed by atoms with Crippen LogP contribution in [-0.2, 0) is 4.79 Å². The zero-order chi connectivity index (χ0) is 21.5. The number of ether oxygens (including phenoxy) is 1. The minimum atomic E-state index is -0.296. The van der Waals surface area contributed by atoms with E-state index in [2.05, 4.69) is 15.2 Å². The molecule has 2 aliphatic rings. The molecule has 0 spiro atoms. The quantitative estimate of drug-likeness (QED) is 0.609. The van der Waals surface area contributed by atoms with E-state index in [9.17, 15) is 9.18 Å². The summed E-state index contributed by atoms with van der Waals surface area (Å²) < 4.78 is 19.7. The first-order valence-corrected chi connectivity index (χ1v) is 10.8. The van der Waals surface area contributed by atoms with Crippen molar-refractivity contribution in [1.82, 2.24) is 9.88 Å². The average Bonchev–Trinajstić information content (AvgIpc) is 3.21. The van der Waals surface area contributed by atoms with E-state index in [0.29, 0.717) is 40.5 Å². The van der Waals surface area contributed by atoms with Crippen LogP contribution in [0.2, 0.25) is 5.02 Å². The molecule has 7 heteroatoms. The number of benzene rings is 2. The number of pyridine rings is 1. The molecular weight excluding hydrogens is 417 g/mol. The van der Waals surface area contributed by atoms with Gasteiger partial charge in [0, 0.05) is 41.3 Å². The standard InChI is InChI=1S/C24H23ClFN3O2/c1-14(24(30)28-17-5-2-15(25)3-6-17)29-11-19-20(12-29)21(19)13-31-23-8-9-27-22-7-4-16(26)10-18(22)23/h2-10,14,19-21H,11-13H2,1H3,(H,28,30). The second kappa shape index (κ2) is 8.09. The summed E-state index contributed by atoms with van der Waals surface area (Å²) in [6, 6.07) is 13.3. The highest BCUT2D eigenvalue weighted by Crippen LogP contribution is 2.52. The second-order valence-electron chi connectivity index (χ2n) is 8.40. The molecule has 2 heterocycles. The molecule has 3 atom stereocenters. The van der Waals surface area contributed by atoms with Gasteiger partial charge in [0.15, 0.2) is 0 Å². The molecule has 2 aromatic carbocycles. The molecule has 5 rings (SSSR count). The van der Waals surface area contributed by atoms with Crippen LogP contribution in [0, 0.1) is 23.6 Å². The monoisotopic (exact) mass is 439 g/mol. The smallest absolute Gasteiger partial charge is 0.241 e. The minimum Gasteiger partial charge on any atom is -0.493 e. The van der Waals surface area contributed by atoms with E-state index in [0.717, 1.165) is 24.3 Å². The summed E-state index contributed by atoms with van der Waals surface area (Å²) in [7, 11) is 0. The van der Waals surface area contributed by atoms with Crippen molar-refractivity contribution in [2.75, 3.05) is 25.0 Å². The number of nitrogens with zero attached hydrogens (tertiary/aromatic N) is 2. The van der Waals surface area contributed by atoms with Crippen LogP contribution in [0.5, 0.6) is 5.75 Å². The Morgan fingerprint density at radius 1 is 1.23 bits per heavy atom. The van der Waals surface area contributed by atoms with Gasteiger partial charge in [0.2, 0.25) is 5.91 Å². The average molecular weight is 440 g/mol. The number of fused-ring (bicyclic) bond motifs is 2. The summed E-state index contributed by atoms with van der Waals surface area (Å²) >= 11 is 5.90. The molecule has 2 fully saturated rings. The van der Waals surface area contributed by atoms with Crippen molar-refractivity contribution in [3.8, 4) is 5.75 Å². The van der Waals surface area contributed by atoms with Gasteiger partial charge in [0.05, 0.1) is 18.2 Å². The number of piperidine rings is 1. The fraction of sp³-hybridized carbons (Fsp3) is 0.333. The number of halogens is 2. The van der Waals surface area contributed by atoms with Gasteiger partial charge < -0.3 is 10.1 Å². The zero-order valence-electron chi connectivity index (χ0n) is 17.1. The Labute approximate surface area is 185 Å². The zero-order valence-corrected chi connectivity index (χ0v) is 17.8. The normalized spacial score (nSPS) is 23.4. The summed E-state index contributed by atoms with van der Waals surface area (Å²) in [6.07, 6.45) is 1.69. The van der Waals surface area contributed by atoms with E-state index in [1.54, 1.807) is 42.6 Å².